The first-order chi connectivity index (χ1) is 20.9. The van der Waals surface area contributed by atoms with Crippen molar-refractivity contribution in [2.24, 2.45) is 0 Å². The number of nitrogens with one attached hydrogen (secondary N) is 3. The molecule has 0 saturated carbocycles. The fraction of sp³-hybridized carbons (Fsp3) is 0.167. The fourth-order valence-electron chi connectivity index (χ4n) is 4.61. The largest absolute Gasteiger partial charge is 0.378 e. The molecule has 13 heteroatoms. The lowest BCUT2D eigenvalue weighted by Gasteiger charge is -2.28. The highest BCUT2D eigenvalue weighted by Crippen LogP contribution is 2.30. The molecule has 0 spiro atoms. The number of carbonyl (C=O) groups is 2. The van der Waals surface area contributed by atoms with Crippen molar-refractivity contribution in [1.29, 1.82) is 0 Å². The Bertz CT molecular complexity index is 1770. The zero-order valence-corrected chi connectivity index (χ0v) is 23.2. The summed E-state index contributed by atoms with van der Waals surface area (Å²) in [4.78, 5) is 48.6. The van der Waals surface area contributed by atoms with Crippen LogP contribution in [0, 0.1) is 0 Å². The van der Waals surface area contributed by atoms with E-state index in [9.17, 15) is 9.59 Å². The number of amides is 3. The molecule has 2 aromatic carbocycles. The molecule has 0 atom stereocenters. The van der Waals surface area contributed by atoms with Gasteiger partial charge in [0.2, 0.25) is 11.9 Å². The Balaban J connectivity index is 1.24. The highest BCUT2D eigenvalue weighted by Gasteiger charge is 2.20. The van der Waals surface area contributed by atoms with E-state index < -0.39 is 6.03 Å². The van der Waals surface area contributed by atoms with Crippen molar-refractivity contribution in [3.05, 3.63) is 73.2 Å². The van der Waals surface area contributed by atoms with Gasteiger partial charge in [0.05, 0.1) is 18.7 Å². The molecule has 6 rings (SSSR count). The van der Waals surface area contributed by atoms with Crippen LogP contribution in [0.15, 0.2) is 73.2 Å². The van der Waals surface area contributed by atoms with Crippen LogP contribution in [0.25, 0.3) is 33.5 Å². The zero-order valence-electron chi connectivity index (χ0n) is 23.2. The second-order valence-corrected chi connectivity index (χ2v) is 9.81. The number of hydrogen-bond donors (Lipinski definition) is 4. The topological polar surface area (TPSA) is 173 Å². The molecule has 3 amide bonds. The van der Waals surface area contributed by atoms with E-state index in [0.717, 1.165) is 22.5 Å². The first kappa shape index (κ1) is 27.5. The van der Waals surface area contributed by atoms with E-state index in [1.54, 1.807) is 55.0 Å². The minimum Gasteiger partial charge on any atom is -0.378 e. The Hall–Kier alpha value is -5.69. The summed E-state index contributed by atoms with van der Waals surface area (Å²) in [7, 11) is 0. The summed E-state index contributed by atoms with van der Waals surface area (Å²) in [5.74, 6) is 1.29. The molecule has 43 heavy (non-hydrogen) atoms. The second kappa shape index (κ2) is 12.0. The van der Waals surface area contributed by atoms with E-state index in [1.807, 2.05) is 18.2 Å². The molecular formula is C30H28N10O3. The number of hydrogen-bond acceptors (Lipinski definition) is 10. The van der Waals surface area contributed by atoms with Gasteiger partial charge in [0.1, 0.15) is 5.52 Å². The monoisotopic (exact) mass is 576 g/mol. The van der Waals surface area contributed by atoms with Crippen LogP contribution in [0.3, 0.4) is 0 Å². The van der Waals surface area contributed by atoms with E-state index in [4.69, 9.17) is 25.4 Å². The lowest BCUT2D eigenvalue weighted by molar-refractivity contribution is -0.114. The van der Waals surface area contributed by atoms with Gasteiger partial charge in [-0.3, -0.25) is 9.78 Å². The van der Waals surface area contributed by atoms with Gasteiger partial charge in [-0.1, -0.05) is 0 Å². The molecular weight excluding hydrogens is 548 g/mol. The van der Waals surface area contributed by atoms with Crippen LogP contribution < -0.4 is 26.6 Å². The predicted molar refractivity (Wildman–Crippen MR) is 165 cm³/mol. The van der Waals surface area contributed by atoms with Gasteiger partial charge in [0.15, 0.2) is 11.6 Å². The van der Waals surface area contributed by atoms with Crippen LogP contribution in [-0.2, 0) is 9.53 Å². The molecule has 1 fully saturated rings. The van der Waals surface area contributed by atoms with E-state index in [0.29, 0.717) is 60.2 Å². The fourth-order valence-corrected chi connectivity index (χ4v) is 4.61. The molecule has 13 nitrogen and oxygen atoms in total. The van der Waals surface area contributed by atoms with E-state index >= 15 is 0 Å². The number of pyridine rings is 1. The molecule has 216 valence electrons. The molecule has 4 heterocycles. The third-order valence-corrected chi connectivity index (χ3v) is 6.70. The Labute approximate surface area is 246 Å². The number of morpholine rings is 1. The highest BCUT2D eigenvalue weighted by atomic mass is 16.5. The maximum atomic E-state index is 12.6. The van der Waals surface area contributed by atoms with E-state index in [2.05, 4.69) is 30.8 Å². The van der Waals surface area contributed by atoms with Gasteiger partial charge in [0.25, 0.3) is 0 Å². The van der Waals surface area contributed by atoms with Crippen LogP contribution in [0.1, 0.15) is 6.92 Å². The van der Waals surface area contributed by atoms with Crippen LogP contribution in [0.4, 0.5) is 33.6 Å². The molecule has 0 bridgehead atoms. The molecule has 1 aliphatic heterocycles. The van der Waals surface area contributed by atoms with Crippen molar-refractivity contribution in [2.75, 3.05) is 52.9 Å². The number of urea groups is 1. The van der Waals surface area contributed by atoms with Gasteiger partial charge in [-0.2, -0.15) is 0 Å². The molecule has 5 N–H and O–H groups in total. The third kappa shape index (κ3) is 6.47. The summed E-state index contributed by atoms with van der Waals surface area (Å²) in [5, 5.41) is 8.29. The van der Waals surface area contributed by atoms with Gasteiger partial charge >= 0.3 is 6.03 Å². The smallest absolute Gasteiger partial charge is 0.323 e. The standard InChI is InChI=1S/C30H28N10O3/c1-18(41)35-22-6-8-24(9-7-22)37-30(42)36-23-4-2-19(3-5-23)27-38-25-14-20(21-16-33-29(31)34-17-21)15-32-26(25)28(39-27)40-10-12-43-13-11-40/h2-9,14-17H,10-13H2,1H3,(H,35,41)(H2,31,33,34)(H2,36,37,42). The zero-order chi connectivity index (χ0) is 29.8. The Morgan fingerprint density at radius 2 is 1.35 bits per heavy atom. The Morgan fingerprint density at radius 3 is 1.98 bits per heavy atom. The maximum Gasteiger partial charge on any atom is 0.323 e. The van der Waals surface area contributed by atoms with E-state index in [-0.39, 0.29) is 11.9 Å². The average molecular weight is 577 g/mol. The number of fused-ring (bicyclic) bond motifs is 1. The van der Waals surface area contributed by atoms with Gasteiger partial charge in [0, 0.05) is 72.4 Å². The summed E-state index contributed by atoms with van der Waals surface area (Å²) in [6, 6.07) is 15.7. The molecule has 3 aromatic heterocycles. The molecule has 0 unspecified atom stereocenters. The van der Waals surface area contributed by atoms with Crippen LogP contribution in [0.5, 0.6) is 0 Å². The summed E-state index contributed by atoms with van der Waals surface area (Å²) in [6.07, 6.45) is 5.06. The van der Waals surface area contributed by atoms with Crippen molar-refractivity contribution in [3.63, 3.8) is 0 Å². The first-order valence-electron chi connectivity index (χ1n) is 13.6. The quantitative estimate of drug-likeness (QED) is 0.230. The lowest BCUT2D eigenvalue weighted by Crippen LogP contribution is -2.37. The molecule has 1 aliphatic rings. The average Bonchev–Trinajstić information content (AvgIpc) is 3.02. The Kier molecular flexibility index (Phi) is 7.70. The van der Waals surface area contributed by atoms with Gasteiger partial charge in [-0.15, -0.1) is 0 Å². The second-order valence-electron chi connectivity index (χ2n) is 9.81. The third-order valence-electron chi connectivity index (χ3n) is 6.70. The van der Waals surface area contributed by atoms with Crippen molar-refractivity contribution in [1.82, 2.24) is 24.9 Å². The maximum absolute atomic E-state index is 12.6. The molecule has 0 radical (unpaired) electrons. The number of aromatic nitrogens is 5. The number of benzene rings is 2. The number of nitrogens with two attached hydrogens (primary N) is 1. The van der Waals surface area contributed by atoms with Crippen molar-refractivity contribution >= 4 is 51.8 Å². The van der Waals surface area contributed by atoms with Crippen molar-refractivity contribution in [2.45, 2.75) is 6.92 Å². The summed E-state index contributed by atoms with van der Waals surface area (Å²) >= 11 is 0. The lowest BCUT2D eigenvalue weighted by atomic mass is 10.1. The van der Waals surface area contributed by atoms with Gasteiger partial charge in [-0.05, 0) is 54.6 Å². The summed E-state index contributed by atoms with van der Waals surface area (Å²) in [5.41, 5.74) is 11.2. The van der Waals surface area contributed by atoms with Crippen LogP contribution in [-0.4, -0.2) is 63.2 Å². The van der Waals surface area contributed by atoms with Gasteiger partial charge in [-0.25, -0.2) is 24.7 Å². The summed E-state index contributed by atoms with van der Waals surface area (Å²) < 4.78 is 5.55. The number of nitrogen functional groups attached to an aromatic ring is 1. The normalized spacial score (nSPS) is 13.0. The SMILES string of the molecule is CC(=O)Nc1ccc(NC(=O)Nc2ccc(-c3nc(N4CCOCC4)c4ncc(-c5cnc(N)nc5)cc4n3)cc2)cc1. The van der Waals surface area contributed by atoms with Crippen LogP contribution in [0.2, 0.25) is 0 Å². The first-order valence-corrected chi connectivity index (χ1v) is 13.6. The molecule has 5 aromatic rings. The minimum atomic E-state index is -0.401. The van der Waals surface area contributed by atoms with Gasteiger partial charge < -0.3 is 31.3 Å². The summed E-state index contributed by atoms with van der Waals surface area (Å²) in [6.45, 7) is 4.02. The highest BCUT2D eigenvalue weighted by molar-refractivity contribution is 6.00. The number of ether oxygens (including phenoxy) is 1. The number of anilines is 5. The Morgan fingerprint density at radius 1 is 0.767 bits per heavy atom. The predicted octanol–water partition coefficient (Wildman–Crippen LogP) is 4.17. The molecule has 0 aliphatic carbocycles. The number of rotatable bonds is 6. The number of carbonyl (C=O) groups excluding carboxylic acids is 2. The van der Waals surface area contributed by atoms with Crippen molar-refractivity contribution in [3.8, 4) is 22.5 Å². The van der Waals surface area contributed by atoms with E-state index in [1.165, 1.54) is 6.92 Å². The van der Waals surface area contributed by atoms with Crippen molar-refractivity contribution < 1.29 is 14.3 Å². The molecule has 1 saturated heterocycles. The van der Waals surface area contributed by atoms with Crippen LogP contribution >= 0.6 is 0 Å². The number of nitrogens with zero attached hydrogens (tertiary/aromatic N) is 6. The minimum absolute atomic E-state index is 0.164.